The van der Waals surface area contributed by atoms with Gasteiger partial charge in [-0.05, 0) is 51.5 Å². The molecule has 0 saturated heterocycles. The summed E-state index contributed by atoms with van der Waals surface area (Å²) in [6.45, 7) is 9.61. The Bertz CT molecular complexity index is 961. The van der Waals surface area contributed by atoms with Crippen LogP contribution in [0.3, 0.4) is 0 Å². The first-order valence-corrected chi connectivity index (χ1v) is 11.8. The molecule has 2 N–H and O–H groups in total. The van der Waals surface area contributed by atoms with E-state index in [-0.39, 0.29) is 23.2 Å². The van der Waals surface area contributed by atoms with Crippen molar-refractivity contribution in [1.29, 1.82) is 0 Å². The summed E-state index contributed by atoms with van der Waals surface area (Å²) >= 11 is 0. The van der Waals surface area contributed by atoms with Gasteiger partial charge in [0.05, 0.1) is 17.6 Å². The number of rotatable bonds is 5. The second-order valence-electron chi connectivity index (χ2n) is 9.78. The summed E-state index contributed by atoms with van der Waals surface area (Å²) in [5.41, 5.74) is 1.59. The Morgan fingerprint density at radius 2 is 1.76 bits per heavy atom. The molecule has 29 heavy (non-hydrogen) atoms. The molecule has 9 heteroatoms. The van der Waals surface area contributed by atoms with E-state index in [1.165, 1.54) is 0 Å². The lowest BCUT2D eigenvalue weighted by molar-refractivity contribution is 0.113. The Morgan fingerprint density at radius 1 is 1.14 bits per heavy atom. The Hall–Kier alpha value is -1.74. The van der Waals surface area contributed by atoms with Crippen LogP contribution in [0.1, 0.15) is 71.8 Å². The van der Waals surface area contributed by atoms with Crippen molar-refractivity contribution in [2.75, 3.05) is 5.75 Å². The number of aryl methyl sites for hydroxylation is 1. The molecule has 8 nitrogen and oxygen atoms in total. The predicted molar refractivity (Wildman–Crippen MR) is 112 cm³/mol. The number of H-pyrrole nitrogens is 1. The van der Waals surface area contributed by atoms with Crippen LogP contribution in [0, 0.1) is 5.92 Å². The van der Waals surface area contributed by atoms with Crippen molar-refractivity contribution in [3.05, 3.63) is 17.6 Å². The smallest absolute Gasteiger partial charge is 0.179 e. The van der Waals surface area contributed by atoms with Gasteiger partial charge in [0.15, 0.2) is 21.5 Å². The number of hydrogen-bond acceptors (Lipinski definition) is 6. The van der Waals surface area contributed by atoms with E-state index < -0.39 is 14.6 Å². The lowest BCUT2D eigenvalue weighted by Gasteiger charge is -2.29. The summed E-state index contributed by atoms with van der Waals surface area (Å²) in [5.74, 6) is 1.02. The molecule has 0 radical (unpaired) electrons. The fraction of sp³-hybridized carbons (Fsp3) is 0.750. The van der Waals surface area contributed by atoms with E-state index in [0.717, 1.165) is 24.2 Å². The van der Waals surface area contributed by atoms with Gasteiger partial charge in [0.2, 0.25) is 0 Å². The van der Waals surface area contributed by atoms with E-state index in [9.17, 15) is 13.5 Å². The first kappa shape index (κ1) is 22.0. The monoisotopic (exact) mass is 423 g/mol. The topological polar surface area (TPSA) is 114 Å². The minimum Gasteiger partial charge on any atom is -0.393 e. The maximum atomic E-state index is 13.2. The van der Waals surface area contributed by atoms with Crippen molar-refractivity contribution in [3.8, 4) is 11.5 Å². The summed E-state index contributed by atoms with van der Waals surface area (Å²) in [5, 5.41) is 22.6. The van der Waals surface area contributed by atoms with Crippen LogP contribution in [-0.4, -0.2) is 50.3 Å². The number of hydrogen-bond donors (Lipinski definition) is 2. The van der Waals surface area contributed by atoms with E-state index in [1.807, 2.05) is 13.1 Å². The third-order valence-electron chi connectivity index (χ3n) is 6.00. The van der Waals surface area contributed by atoms with Gasteiger partial charge in [0.25, 0.3) is 0 Å². The highest BCUT2D eigenvalue weighted by atomic mass is 32.2. The Labute approximate surface area is 173 Å². The first-order valence-electron chi connectivity index (χ1n) is 10.2. The maximum Gasteiger partial charge on any atom is 0.179 e. The highest BCUT2D eigenvalue weighted by molar-refractivity contribution is 7.92. The molecule has 162 valence electrons. The summed E-state index contributed by atoms with van der Waals surface area (Å²) in [6, 6.07) is 1.96. The fourth-order valence-electron chi connectivity index (χ4n) is 3.68. The average molecular weight is 424 g/mol. The third kappa shape index (κ3) is 4.40. The summed E-state index contributed by atoms with van der Waals surface area (Å²) in [7, 11) is -1.63. The van der Waals surface area contributed by atoms with Crippen molar-refractivity contribution in [1.82, 2.24) is 25.0 Å². The van der Waals surface area contributed by atoms with Crippen LogP contribution < -0.4 is 0 Å². The molecule has 2 aromatic heterocycles. The standard InChI is InChI=1S/C20H33N5O3S/c1-19(2,3)16-11-15(25(6)24-16)17-21-18(23-22-17)20(4,5)29(27,28)12-13-7-9-14(26)10-8-13/h11,13-14,26H,7-10,12H2,1-6H3,(H,21,22,23)/t13-,14-. The largest absolute Gasteiger partial charge is 0.393 e. The minimum absolute atomic E-state index is 0.0801. The molecule has 0 amide bonds. The van der Waals surface area contributed by atoms with Gasteiger partial charge >= 0.3 is 0 Å². The highest BCUT2D eigenvalue weighted by Gasteiger charge is 2.41. The van der Waals surface area contributed by atoms with Crippen molar-refractivity contribution < 1.29 is 13.5 Å². The third-order valence-corrected chi connectivity index (χ3v) is 8.66. The van der Waals surface area contributed by atoms with Crippen LogP contribution in [-0.2, 0) is 27.0 Å². The molecule has 1 fully saturated rings. The summed E-state index contributed by atoms with van der Waals surface area (Å²) in [6.07, 6.45) is 2.52. The number of nitrogens with one attached hydrogen (secondary N) is 1. The van der Waals surface area contributed by atoms with Gasteiger partial charge in [-0.25, -0.2) is 8.42 Å². The maximum absolute atomic E-state index is 13.2. The zero-order valence-electron chi connectivity index (χ0n) is 18.2. The van der Waals surface area contributed by atoms with Crippen LogP contribution in [0.4, 0.5) is 0 Å². The van der Waals surface area contributed by atoms with Crippen LogP contribution in [0.2, 0.25) is 0 Å². The number of nitrogens with zero attached hydrogens (tertiary/aromatic N) is 4. The molecule has 0 unspecified atom stereocenters. The van der Waals surface area contributed by atoms with Crippen molar-refractivity contribution in [3.63, 3.8) is 0 Å². The molecule has 0 spiro atoms. The molecule has 0 aromatic carbocycles. The first-order chi connectivity index (χ1) is 13.3. The number of aromatic amines is 1. The number of sulfone groups is 1. The molecule has 3 rings (SSSR count). The van der Waals surface area contributed by atoms with E-state index >= 15 is 0 Å². The van der Waals surface area contributed by atoms with E-state index in [2.05, 4.69) is 41.1 Å². The van der Waals surface area contributed by atoms with E-state index in [0.29, 0.717) is 24.5 Å². The van der Waals surface area contributed by atoms with Crippen molar-refractivity contribution in [2.45, 2.75) is 76.6 Å². The van der Waals surface area contributed by atoms with Gasteiger partial charge in [-0.15, -0.1) is 10.2 Å². The van der Waals surface area contributed by atoms with Gasteiger partial charge in [-0.2, -0.15) is 5.10 Å². The minimum atomic E-state index is -3.46. The summed E-state index contributed by atoms with van der Waals surface area (Å²) < 4.78 is 26.9. The van der Waals surface area contributed by atoms with Crippen molar-refractivity contribution in [2.24, 2.45) is 13.0 Å². The molecule has 1 aliphatic carbocycles. The molecule has 0 atom stereocenters. The second kappa shape index (κ2) is 7.50. The van der Waals surface area contributed by atoms with E-state index in [1.54, 1.807) is 18.5 Å². The molecule has 0 aliphatic heterocycles. The molecule has 2 aromatic rings. The molecular formula is C20H33N5O3S. The van der Waals surface area contributed by atoms with Gasteiger partial charge in [0, 0.05) is 12.5 Å². The fourth-order valence-corrected chi connectivity index (χ4v) is 5.44. The van der Waals surface area contributed by atoms with Crippen LogP contribution in [0.15, 0.2) is 6.07 Å². The quantitative estimate of drug-likeness (QED) is 0.764. The lowest BCUT2D eigenvalue weighted by atomic mass is 9.89. The average Bonchev–Trinajstić information content (AvgIpc) is 3.23. The summed E-state index contributed by atoms with van der Waals surface area (Å²) in [4.78, 5) is 3.12. The zero-order chi connectivity index (χ0) is 21.6. The predicted octanol–water partition coefficient (Wildman–Crippen LogP) is 2.70. The molecular weight excluding hydrogens is 390 g/mol. The van der Waals surface area contributed by atoms with E-state index in [4.69, 9.17) is 0 Å². The Morgan fingerprint density at radius 3 is 2.31 bits per heavy atom. The van der Waals surface area contributed by atoms with Crippen LogP contribution in [0.5, 0.6) is 0 Å². The van der Waals surface area contributed by atoms with Gasteiger partial charge in [0.1, 0.15) is 10.4 Å². The van der Waals surface area contributed by atoms with Crippen LogP contribution in [0.25, 0.3) is 11.5 Å². The van der Waals surface area contributed by atoms with Crippen molar-refractivity contribution >= 4 is 9.84 Å². The van der Waals surface area contributed by atoms with Gasteiger partial charge in [-0.1, -0.05) is 20.8 Å². The Balaban J connectivity index is 1.84. The highest BCUT2D eigenvalue weighted by Crippen LogP contribution is 2.34. The molecule has 2 heterocycles. The lowest BCUT2D eigenvalue weighted by Crippen LogP contribution is -2.36. The van der Waals surface area contributed by atoms with Gasteiger partial charge in [-0.3, -0.25) is 4.68 Å². The SMILES string of the molecule is Cn1nc(C(C)(C)C)cc1-c1nnc(C(C)(C)S(=O)(=O)C[C@H]2CC[C@H](O)CC2)[nH]1. The molecule has 1 aliphatic rings. The van der Waals surface area contributed by atoms with Gasteiger partial charge < -0.3 is 10.1 Å². The second-order valence-corrected chi connectivity index (χ2v) is 12.4. The molecule has 1 saturated carbocycles. The van der Waals surface area contributed by atoms with Crippen LogP contribution >= 0.6 is 0 Å². The number of aromatic nitrogens is 5. The zero-order valence-corrected chi connectivity index (χ0v) is 19.0. The Kier molecular flexibility index (Phi) is 5.68. The number of aliphatic hydroxyl groups is 1. The normalized spacial score (nSPS) is 21.5. The number of aliphatic hydroxyl groups excluding tert-OH is 1. The molecule has 0 bridgehead atoms.